The summed E-state index contributed by atoms with van der Waals surface area (Å²) in [6.07, 6.45) is 5.83. The summed E-state index contributed by atoms with van der Waals surface area (Å²) in [7, 11) is 1.69. The molecule has 2 aliphatic rings. The van der Waals surface area contributed by atoms with Gasteiger partial charge in [-0.1, -0.05) is 6.42 Å². The third-order valence-electron chi connectivity index (χ3n) is 3.72. The van der Waals surface area contributed by atoms with Gasteiger partial charge in [-0.25, -0.2) is 5.48 Å². The van der Waals surface area contributed by atoms with Crippen molar-refractivity contribution >= 4 is 0 Å². The molecule has 3 atom stereocenters. The van der Waals surface area contributed by atoms with Crippen molar-refractivity contribution in [3.8, 4) is 0 Å². The van der Waals surface area contributed by atoms with E-state index in [1.165, 1.54) is 25.7 Å². The molecule has 0 radical (unpaired) electrons. The Balaban J connectivity index is 1.54. The predicted octanol–water partition coefficient (Wildman–Crippen LogP) is 1.59. The van der Waals surface area contributed by atoms with Crippen molar-refractivity contribution in [2.75, 3.05) is 26.9 Å². The minimum Gasteiger partial charge on any atom is -0.382 e. The van der Waals surface area contributed by atoms with Crippen LogP contribution < -0.4 is 5.48 Å². The monoisotopic (exact) mass is 199 g/mol. The fraction of sp³-hybridized carbons (Fsp3) is 1.00. The molecule has 2 saturated carbocycles. The average molecular weight is 199 g/mol. The molecule has 2 bridgehead atoms. The molecule has 82 valence electrons. The van der Waals surface area contributed by atoms with E-state index in [1.807, 2.05) is 0 Å². The molecule has 14 heavy (non-hydrogen) atoms. The Hall–Kier alpha value is -0.120. The van der Waals surface area contributed by atoms with E-state index in [0.29, 0.717) is 13.2 Å². The van der Waals surface area contributed by atoms with Crippen LogP contribution in [0, 0.1) is 17.8 Å². The fourth-order valence-electron chi connectivity index (χ4n) is 2.99. The highest BCUT2D eigenvalue weighted by molar-refractivity contribution is 4.90. The van der Waals surface area contributed by atoms with Gasteiger partial charge in [0.1, 0.15) is 0 Å². The lowest BCUT2D eigenvalue weighted by Gasteiger charge is -2.21. The molecular formula is C11H21NO2. The summed E-state index contributed by atoms with van der Waals surface area (Å²) in [4.78, 5) is 5.27. The van der Waals surface area contributed by atoms with E-state index < -0.39 is 0 Å². The van der Waals surface area contributed by atoms with Crippen LogP contribution in [0.3, 0.4) is 0 Å². The topological polar surface area (TPSA) is 30.5 Å². The van der Waals surface area contributed by atoms with Crippen molar-refractivity contribution in [1.82, 2.24) is 5.48 Å². The van der Waals surface area contributed by atoms with Gasteiger partial charge in [0.25, 0.3) is 0 Å². The molecule has 2 aliphatic carbocycles. The second-order valence-electron chi connectivity index (χ2n) is 4.62. The van der Waals surface area contributed by atoms with Crippen LogP contribution in [0.5, 0.6) is 0 Å². The maximum atomic E-state index is 5.27. The van der Waals surface area contributed by atoms with Crippen LogP contribution in [0.1, 0.15) is 25.7 Å². The van der Waals surface area contributed by atoms with Gasteiger partial charge in [-0.15, -0.1) is 0 Å². The smallest absolute Gasteiger partial charge is 0.0915 e. The number of fused-ring (bicyclic) bond motifs is 2. The molecule has 0 aromatic rings. The summed E-state index contributed by atoms with van der Waals surface area (Å²) in [6, 6.07) is 0. The Morgan fingerprint density at radius 1 is 1.21 bits per heavy atom. The summed E-state index contributed by atoms with van der Waals surface area (Å²) >= 11 is 0. The van der Waals surface area contributed by atoms with Crippen molar-refractivity contribution in [3.63, 3.8) is 0 Å². The molecule has 2 rings (SSSR count). The van der Waals surface area contributed by atoms with Crippen molar-refractivity contribution in [2.45, 2.75) is 25.7 Å². The molecular weight excluding hydrogens is 178 g/mol. The number of ether oxygens (including phenoxy) is 1. The van der Waals surface area contributed by atoms with Crippen molar-refractivity contribution in [1.29, 1.82) is 0 Å². The van der Waals surface area contributed by atoms with E-state index in [4.69, 9.17) is 9.57 Å². The molecule has 1 N–H and O–H groups in total. The first-order valence-electron chi connectivity index (χ1n) is 5.73. The third-order valence-corrected chi connectivity index (χ3v) is 3.72. The quantitative estimate of drug-likeness (QED) is 0.520. The van der Waals surface area contributed by atoms with Crippen LogP contribution in [0.2, 0.25) is 0 Å². The van der Waals surface area contributed by atoms with E-state index in [-0.39, 0.29) is 0 Å². The van der Waals surface area contributed by atoms with Crippen LogP contribution in [0.4, 0.5) is 0 Å². The number of nitrogens with one attached hydrogen (secondary N) is 1. The Labute approximate surface area is 86.1 Å². The van der Waals surface area contributed by atoms with Crippen LogP contribution in [-0.4, -0.2) is 26.9 Å². The number of rotatable bonds is 6. The van der Waals surface area contributed by atoms with E-state index in [1.54, 1.807) is 7.11 Å². The molecule has 3 heteroatoms. The first kappa shape index (κ1) is 10.4. The predicted molar refractivity (Wildman–Crippen MR) is 54.8 cm³/mol. The molecule has 2 fully saturated rings. The van der Waals surface area contributed by atoms with Crippen molar-refractivity contribution < 1.29 is 9.57 Å². The molecule has 0 aliphatic heterocycles. The zero-order valence-electron chi connectivity index (χ0n) is 9.00. The Bertz CT molecular complexity index is 175. The Morgan fingerprint density at radius 3 is 2.79 bits per heavy atom. The zero-order valence-corrected chi connectivity index (χ0v) is 9.00. The van der Waals surface area contributed by atoms with Gasteiger partial charge in [-0.2, -0.15) is 0 Å². The molecule has 0 amide bonds. The summed E-state index contributed by atoms with van der Waals surface area (Å²) in [5.74, 6) is 2.89. The van der Waals surface area contributed by atoms with Crippen molar-refractivity contribution in [2.24, 2.45) is 17.8 Å². The highest BCUT2D eigenvalue weighted by Crippen LogP contribution is 2.47. The van der Waals surface area contributed by atoms with E-state index in [0.717, 1.165) is 24.3 Å². The first-order valence-corrected chi connectivity index (χ1v) is 5.73. The Morgan fingerprint density at radius 2 is 2.14 bits per heavy atom. The number of methoxy groups -OCH3 is 1. The van der Waals surface area contributed by atoms with Gasteiger partial charge in [0.15, 0.2) is 0 Å². The maximum absolute atomic E-state index is 5.27. The SMILES string of the molecule is COCCONCC1CC2CCC1C2. The molecule has 0 saturated heterocycles. The summed E-state index contributed by atoms with van der Waals surface area (Å²) in [6.45, 7) is 2.35. The lowest BCUT2D eigenvalue weighted by Crippen LogP contribution is -2.27. The second-order valence-corrected chi connectivity index (χ2v) is 4.62. The van der Waals surface area contributed by atoms with Gasteiger partial charge in [0.05, 0.1) is 13.2 Å². The van der Waals surface area contributed by atoms with Gasteiger partial charge in [0.2, 0.25) is 0 Å². The molecule has 0 spiro atoms. The Kier molecular flexibility index (Phi) is 3.79. The van der Waals surface area contributed by atoms with E-state index >= 15 is 0 Å². The first-order chi connectivity index (χ1) is 6.90. The van der Waals surface area contributed by atoms with Gasteiger partial charge in [0, 0.05) is 13.7 Å². The lowest BCUT2D eigenvalue weighted by atomic mass is 9.89. The highest BCUT2D eigenvalue weighted by atomic mass is 16.7. The minimum absolute atomic E-state index is 0.650. The van der Waals surface area contributed by atoms with Crippen LogP contribution in [0.15, 0.2) is 0 Å². The summed E-state index contributed by atoms with van der Waals surface area (Å²) in [5, 5.41) is 0. The number of hydrogen-bond acceptors (Lipinski definition) is 3. The third kappa shape index (κ3) is 2.47. The maximum Gasteiger partial charge on any atom is 0.0915 e. The molecule has 0 aromatic carbocycles. The number of hydrogen-bond donors (Lipinski definition) is 1. The van der Waals surface area contributed by atoms with Gasteiger partial charge >= 0.3 is 0 Å². The summed E-state index contributed by atoms with van der Waals surface area (Å²) in [5.41, 5.74) is 3.07. The van der Waals surface area contributed by atoms with E-state index in [9.17, 15) is 0 Å². The van der Waals surface area contributed by atoms with Crippen LogP contribution >= 0.6 is 0 Å². The lowest BCUT2D eigenvalue weighted by molar-refractivity contribution is -0.00261. The molecule has 0 heterocycles. The highest BCUT2D eigenvalue weighted by Gasteiger charge is 2.38. The van der Waals surface area contributed by atoms with E-state index in [2.05, 4.69) is 5.48 Å². The van der Waals surface area contributed by atoms with Gasteiger partial charge in [-0.05, 0) is 37.0 Å². The molecule has 3 unspecified atom stereocenters. The molecule has 0 aromatic heterocycles. The van der Waals surface area contributed by atoms with Gasteiger partial charge in [-0.3, -0.25) is 4.84 Å². The minimum atomic E-state index is 0.650. The fourth-order valence-corrected chi connectivity index (χ4v) is 2.99. The second kappa shape index (κ2) is 5.10. The molecule has 3 nitrogen and oxygen atoms in total. The normalized spacial score (nSPS) is 35.4. The van der Waals surface area contributed by atoms with Crippen LogP contribution in [0.25, 0.3) is 0 Å². The average Bonchev–Trinajstić information content (AvgIpc) is 2.79. The van der Waals surface area contributed by atoms with Gasteiger partial charge < -0.3 is 4.74 Å². The standard InChI is InChI=1S/C11H21NO2/c1-13-4-5-14-12-8-11-7-9-2-3-10(11)6-9/h9-12H,2-8H2,1H3. The van der Waals surface area contributed by atoms with Crippen molar-refractivity contribution in [3.05, 3.63) is 0 Å². The summed E-state index contributed by atoms with van der Waals surface area (Å²) < 4.78 is 4.90. The number of hydroxylamine groups is 1. The van der Waals surface area contributed by atoms with Crippen LogP contribution in [-0.2, 0) is 9.57 Å². The zero-order chi connectivity index (χ0) is 9.80. The largest absolute Gasteiger partial charge is 0.382 e.